The Balaban J connectivity index is 1.66. The number of hydrogen-bond acceptors (Lipinski definition) is 3. The van der Waals surface area contributed by atoms with Crippen molar-refractivity contribution in [2.45, 2.75) is 39.2 Å². The normalized spacial score (nSPS) is 31.3. The molecule has 2 fully saturated rings. The highest BCUT2D eigenvalue weighted by Gasteiger charge is 2.49. The van der Waals surface area contributed by atoms with Gasteiger partial charge in [0.2, 0.25) is 0 Å². The third kappa shape index (κ3) is 1.61. The van der Waals surface area contributed by atoms with E-state index in [4.69, 9.17) is 4.89 Å². The van der Waals surface area contributed by atoms with Crippen LogP contribution in [0.15, 0.2) is 0 Å². The van der Waals surface area contributed by atoms with Crippen LogP contribution < -0.4 is 0 Å². The first-order chi connectivity index (χ1) is 5.59. The average Bonchev–Trinajstić information content (AvgIpc) is 2.81. The predicted molar refractivity (Wildman–Crippen MR) is 42.1 cm³/mol. The molecule has 2 saturated carbocycles. The van der Waals surface area contributed by atoms with Gasteiger partial charge in [0.25, 0.3) is 0 Å². The molecule has 0 heterocycles. The van der Waals surface area contributed by atoms with E-state index in [1.807, 2.05) is 0 Å². The molecule has 3 nitrogen and oxygen atoms in total. The van der Waals surface area contributed by atoms with Gasteiger partial charge in [-0.1, -0.05) is 13.8 Å². The first-order valence-corrected chi connectivity index (χ1v) is 4.47. The Labute approximate surface area is 72.0 Å². The lowest BCUT2D eigenvalue weighted by Gasteiger charge is -2.03. The van der Waals surface area contributed by atoms with Gasteiger partial charge in [0, 0.05) is 0 Å². The molecule has 0 aromatic carbocycles. The molecule has 12 heavy (non-hydrogen) atoms. The van der Waals surface area contributed by atoms with E-state index in [0.717, 1.165) is 19.3 Å². The molecule has 1 atom stereocenters. The average molecular weight is 170 g/mol. The van der Waals surface area contributed by atoms with Crippen LogP contribution in [-0.2, 0) is 14.6 Å². The molecule has 0 radical (unpaired) electrons. The van der Waals surface area contributed by atoms with E-state index in [9.17, 15) is 4.79 Å². The van der Waals surface area contributed by atoms with Crippen molar-refractivity contribution < 1.29 is 14.6 Å². The molecule has 0 spiro atoms. The number of rotatable bonds is 3. The summed E-state index contributed by atoms with van der Waals surface area (Å²) in [5, 5.41) is 0. The molecular weight excluding hydrogens is 156 g/mol. The molecule has 3 heteroatoms. The molecule has 1 unspecified atom stereocenters. The lowest BCUT2D eigenvalue weighted by Crippen LogP contribution is -2.10. The van der Waals surface area contributed by atoms with Crippen LogP contribution in [0.5, 0.6) is 0 Å². The minimum Gasteiger partial charge on any atom is -0.298 e. The second kappa shape index (κ2) is 2.46. The summed E-state index contributed by atoms with van der Waals surface area (Å²) in [6.07, 6.45) is 3.05. The number of carbonyl (C=O) groups excluding carboxylic acids is 1. The Kier molecular flexibility index (Phi) is 1.65. The van der Waals surface area contributed by atoms with Crippen molar-refractivity contribution in [2.24, 2.45) is 11.3 Å². The summed E-state index contributed by atoms with van der Waals surface area (Å²) in [5.74, 6) is -0.0513. The van der Waals surface area contributed by atoms with E-state index in [1.165, 1.54) is 0 Å². The summed E-state index contributed by atoms with van der Waals surface area (Å²) in [4.78, 5) is 20.7. The fourth-order valence-electron chi connectivity index (χ4n) is 1.08. The molecule has 0 bridgehead atoms. The quantitative estimate of drug-likeness (QED) is 0.477. The lowest BCUT2D eigenvalue weighted by molar-refractivity contribution is -0.285. The predicted octanol–water partition coefficient (Wildman–Crippen LogP) is 1.67. The summed E-state index contributed by atoms with van der Waals surface area (Å²) in [5.41, 5.74) is 0.212. The Morgan fingerprint density at radius 2 is 2.00 bits per heavy atom. The van der Waals surface area contributed by atoms with Crippen LogP contribution in [-0.4, -0.2) is 12.1 Å². The van der Waals surface area contributed by atoms with E-state index in [-0.39, 0.29) is 23.4 Å². The van der Waals surface area contributed by atoms with Crippen LogP contribution in [0, 0.1) is 11.3 Å². The molecule has 0 N–H and O–H groups in total. The minimum absolute atomic E-state index is 0.125. The minimum atomic E-state index is -0.183. The van der Waals surface area contributed by atoms with Gasteiger partial charge in [0.15, 0.2) is 0 Å². The van der Waals surface area contributed by atoms with Crippen LogP contribution in [0.2, 0.25) is 0 Å². The maximum Gasteiger partial charge on any atom is 0.345 e. The highest BCUT2D eigenvalue weighted by molar-refractivity contribution is 5.74. The molecule has 0 aromatic rings. The van der Waals surface area contributed by atoms with Crippen molar-refractivity contribution in [3.8, 4) is 0 Å². The second-order valence-corrected chi connectivity index (χ2v) is 4.45. The standard InChI is InChI=1S/C9H14O3/c1-9(2)5-7(9)11-12-8(10)6-3-4-6/h6-7H,3-5H2,1-2H3. The van der Waals surface area contributed by atoms with Crippen molar-refractivity contribution >= 4 is 5.97 Å². The third-order valence-corrected chi connectivity index (χ3v) is 2.58. The second-order valence-electron chi connectivity index (χ2n) is 4.45. The Hall–Kier alpha value is -0.570. The molecule has 2 aliphatic carbocycles. The Bertz CT molecular complexity index is 206. The van der Waals surface area contributed by atoms with Crippen molar-refractivity contribution in [2.75, 3.05) is 0 Å². The van der Waals surface area contributed by atoms with Crippen LogP contribution in [0.3, 0.4) is 0 Å². The fraction of sp³-hybridized carbons (Fsp3) is 0.889. The van der Waals surface area contributed by atoms with Crippen molar-refractivity contribution in [3.05, 3.63) is 0 Å². The zero-order valence-corrected chi connectivity index (χ0v) is 7.50. The van der Waals surface area contributed by atoms with E-state index in [2.05, 4.69) is 18.7 Å². The molecule has 2 aliphatic rings. The molecule has 68 valence electrons. The van der Waals surface area contributed by atoms with E-state index >= 15 is 0 Å². The van der Waals surface area contributed by atoms with Gasteiger partial charge < -0.3 is 0 Å². The van der Waals surface area contributed by atoms with Gasteiger partial charge in [-0.05, 0) is 24.7 Å². The molecule has 0 aliphatic heterocycles. The topological polar surface area (TPSA) is 35.5 Å². The summed E-state index contributed by atoms with van der Waals surface area (Å²) >= 11 is 0. The van der Waals surface area contributed by atoms with Crippen molar-refractivity contribution in [1.29, 1.82) is 0 Å². The van der Waals surface area contributed by atoms with Crippen LogP contribution >= 0.6 is 0 Å². The smallest absolute Gasteiger partial charge is 0.298 e. The van der Waals surface area contributed by atoms with Gasteiger partial charge in [0.05, 0.1) is 5.92 Å². The van der Waals surface area contributed by atoms with Gasteiger partial charge in [-0.25, -0.2) is 4.79 Å². The molecule has 2 rings (SSSR count). The van der Waals surface area contributed by atoms with Gasteiger partial charge in [-0.2, -0.15) is 4.89 Å². The molecule has 0 aromatic heterocycles. The zero-order valence-electron chi connectivity index (χ0n) is 7.50. The van der Waals surface area contributed by atoms with Crippen LogP contribution in [0.4, 0.5) is 0 Å². The highest BCUT2D eigenvalue weighted by Crippen LogP contribution is 2.47. The van der Waals surface area contributed by atoms with E-state index in [0.29, 0.717) is 0 Å². The van der Waals surface area contributed by atoms with Crippen molar-refractivity contribution in [3.63, 3.8) is 0 Å². The lowest BCUT2D eigenvalue weighted by atomic mass is 10.2. The third-order valence-electron chi connectivity index (χ3n) is 2.58. The fourth-order valence-corrected chi connectivity index (χ4v) is 1.08. The van der Waals surface area contributed by atoms with Gasteiger partial charge in [-0.15, -0.1) is 0 Å². The van der Waals surface area contributed by atoms with Gasteiger partial charge in [0.1, 0.15) is 6.10 Å². The molecule has 0 saturated heterocycles. The van der Waals surface area contributed by atoms with Gasteiger partial charge in [-0.3, -0.25) is 4.89 Å². The number of hydrogen-bond donors (Lipinski definition) is 0. The van der Waals surface area contributed by atoms with Gasteiger partial charge >= 0.3 is 5.97 Å². The maximum absolute atomic E-state index is 11.0. The SMILES string of the molecule is CC1(C)CC1OOC(=O)C1CC1. The van der Waals surface area contributed by atoms with E-state index < -0.39 is 0 Å². The first kappa shape index (κ1) is 8.05. The summed E-state index contributed by atoms with van der Waals surface area (Å²) in [7, 11) is 0. The van der Waals surface area contributed by atoms with Crippen LogP contribution in [0.25, 0.3) is 0 Å². The molecular formula is C9H14O3. The monoisotopic (exact) mass is 170 g/mol. The Morgan fingerprint density at radius 1 is 1.42 bits per heavy atom. The van der Waals surface area contributed by atoms with Crippen molar-refractivity contribution in [1.82, 2.24) is 0 Å². The maximum atomic E-state index is 11.0. The molecule has 0 amide bonds. The summed E-state index contributed by atoms with van der Waals surface area (Å²) < 4.78 is 0. The summed E-state index contributed by atoms with van der Waals surface area (Å²) in [6, 6.07) is 0. The van der Waals surface area contributed by atoms with E-state index in [1.54, 1.807) is 0 Å². The highest BCUT2D eigenvalue weighted by atomic mass is 17.2. The number of carbonyl (C=O) groups is 1. The zero-order chi connectivity index (χ0) is 8.77. The first-order valence-electron chi connectivity index (χ1n) is 4.47. The largest absolute Gasteiger partial charge is 0.345 e. The summed E-state index contributed by atoms with van der Waals surface area (Å²) in [6.45, 7) is 4.20. The Morgan fingerprint density at radius 3 is 2.42 bits per heavy atom. The van der Waals surface area contributed by atoms with Crippen LogP contribution in [0.1, 0.15) is 33.1 Å².